The van der Waals surface area contributed by atoms with E-state index in [1.54, 1.807) is 0 Å². The lowest BCUT2D eigenvalue weighted by Crippen LogP contribution is -2.15. The van der Waals surface area contributed by atoms with E-state index in [1.807, 2.05) is 24.4 Å². The number of aromatic nitrogens is 3. The number of hydrogen-bond donors (Lipinski definition) is 0. The van der Waals surface area contributed by atoms with Crippen molar-refractivity contribution in [1.82, 2.24) is 14.0 Å². The van der Waals surface area contributed by atoms with Gasteiger partial charge in [-0.15, -0.1) is 0 Å². The van der Waals surface area contributed by atoms with E-state index in [9.17, 15) is 0 Å². The van der Waals surface area contributed by atoms with Crippen molar-refractivity contribution in [2.75, 3.05) is 0 Å². The predicted octanol–water partition coefficient (Wildman–Crippen LogP) is 10.7. The fraction of sp³-hybridized carbons (Fsp3) is 0.119. The average Bonchev–Trinajstić information content (AvgIpc) is 3.69. The Labute approximate surface area is 263 Å². The molecule has 0 bridgehead atoms. The minimum Gasteiger partial charge on any atom is -0.313 e. The molecule has 0 spiro atoms. The van der Waals surface area contributed by atoms with Gasteiger partial charge < -0.3 is 8.97 Å². The van der Waals surface area contributed by atoms with Crippen LogP contribution in [0.15, 0.2) is 128 Å². The zero-order chi connectivity index (χ0) is 30.4. The standard InChI is InChI=1S/C42H33N3/c1-26-27(2)45(30-19-20-35-34-10-5-6-13-37(34)42(3,4)38(35)24-30)41-31(26)21-22-33-32(11-9-12-36(33)41)28-15-17-29(18-16-28)39-25-44-23-8-7-14-40(44)43-39/h5-25H,1-4H3. The van der Waals surface area contributed by atoms with Crippen LogP contribution in [-0.2, 0) is 5.41 Å². The smallest absolute Gasteiger partial charge is 0.137 e. The monoisotopic (exact) mass is 579 g/mol. The average molecular weight is 580 g/mol. The highest BCUT2D eigenvalue weighted by Gasteiger charge is 2.35. The van der Waals surface area contributed by atoms with Crippen molar-refractivity contribution >= 4 is 27.3 Å². The largest absolute Gasteiger partial charge is 0.313 e. The lowest BCUT2D eigenvalue weighted by atomic mass is 9.82. The first-order valence-electron chi connectivity index (χ1n) is 15.7. The first-order valence-corrected chi connectivity index (χ1v) is 15.7. The van der Waals surface area contributed by atoms with Crippen molar-refractivity contribution in [2.45, 2.75) is 33.1 Å². The number of hydrogen-bond acceptors (Lipinski definition) is 1. The molecule has 8 aromatic rings. The van der Waals surface area contributed by atoms with Crippen LogP contribution in [0.25, 0.3) is 66.5 Å². The Bertz CT molecular complexity index is 2440. The fourth-order valence-corrected chi connectivity index (χ4v) is 7.72. The maximum atomic E-state index is 4.82. The van der Waals surface area contributed by atoms with Gasteiger partial charge in [-0.2, -0.15) is 0 Å². The van der Waals surface area contributed by atoms with E-state index >= 15 is 0 Å². The molecule has 0 aliphatic heterocycles. The second-order valence-electron chi connectivity index (χ2n) is 13.0. The molecule has 3 aromatic heterocycles. The summed E-state index contributed by atoms with van der Waals surface area (Å²) < 4.78 is 4.56. The summed E-state index contributed by atoms with van der Waals surface area (Å²) in [6.45, 7) is 9.23. The summed E-state index contributed by atoms with van der Waals surface area (Å²) >= 11 is 0. The molecule has 45 heavy (non-hydrogen) atoms. The summed E-state index contributed by atoms with van der Waals surface area (Å²) in [6.07, 6.45) is 4.13. The Morgan fingerprint density at radius 3 is 2.18 bits per heavy atom. The molecule has 0 fully saturated rings. The number of imidazole rings is 1. The molecule has 1 aliphatic rings. The Hall–Kier alpha value is -5.41. The molecular formula is C42H33N3. The van der Waals surface area contributed by atoms with Crippen LogP contribution >= 0.6 is 0 Å². The van der Waals surface area contributed by atoms with Gasteiger partial charge in [0.2, 0.25) is 0 Å². The summed E-state index contributed by atoms with van der Waals surface area (Å²) in [5, 5.41) is 3.84. The molecule has 3 nitrogen and oxygen atoms in total. The first-order chi connectivity index (χ1) is 21.9. The van der Waals surface area contributed by atoms with E-state index in [0.717, 1.165) is 16.9 Å². The van der Waals surface area contributed by atoms with Crippen LogP contribution in [0.3, 0.4) is 0 Å². The topological polar surface area (TPSA) is 22.2 Å². The summed E-state index contributed by atoms with van der Waals surface area (Å²) in [6, 6.07) is 42.2. The maximum absolute atomic E-state index is 4.82. The molecule has 0 N–H and O–H groups in total. The highest BCUT2D eigenvalue weighted by Crippen LogP contribution is 2.49. The minimum atomic E-state index is -0.0431. The summed E-state index contributed by atoms with van der Waals surface area (Å²) in [5.74, 6) is 0. The molecule has 5 aromatic carbocycles. The van der Waals surface area contributed by atoms with Gasteiger partial charge in [0.05, 0.1) is 11.2 Å². The molecule has 0 atom stereocenters. The molecule has 0 saturated heterocycles. The third kappa shape index (κ3) is 3.67. The van der Waals surface area contributed by atoms with Crippen molar-refractivity contribution < 1.29 is 0 Å². The lowest BCUT2D eigenvalue weighted by Gasteiger charge is -2.22. The van der Waals surface area contributed by atoms with E-state index in [2.05, 4.69) is 140 Å². The highest BCUT2D eigenvalue weighted by atomic mass is 15.0. The zero-order valence-electron chi connectivity index (χ0n) is 26.0. The Balaban J connectivity index is 1.20. The van der Waals surface area contributed by atoms with Crippen molar-refractivity contribution in [3.63, 3.8) is 0 Å². The van der Waals surface area contributed by atoms with Crippen LogP contribution in [0.4, 0.5) is 0 Å². The van der Waals surface area contributed by atoms with E-state index in [0.29, 0.717) is 0 Å². The molecule has 3 heteroatoms. The quantitative estimate of drug-likeness (QED) is 0.204. The van der Waals surface area contributed by atoms with Crippen LogP contribution in [-0.4, -0.2) is 14.0 Å². The third-order valence-corrected chi connectivity index (χ3v) is 10.2. The molecule has 0 unspecified atom stereocenters. The number of rotatable bonds is 3. The van der Waals surface area contributed by atoms with Crippen molar-refractivity contribution in [2.24, 2.45) is 0 Å². The van der Waals surface area contributed by atoms with Gasteiger partial charge in [-0.3, -0.25) is 0 Å². The van der Waals surface area contributed by atoms with E-state index in [4.69, 9.17) is 4.98 Å². The van der Waals surface area contributed by atoms with Crippen LogP contribution in [0.2, 0.25) is 0 Å². The van der Waals surface area contributed by atoms with Crippen molar-refractivity contribution in [1.29, 1.82) is 0 Å². The Morgan fingerprint density at radius 2 is 1.33 bits per heavy atom. The minimum absolute atomic E-state index is 0.0431. The van der Waals surface area contributed by atoms with Gasteiger partial charge in [-0.05, 0) is 82.4 Å². The summed E-state index contributed by atoms with van der Waals surface area (Å²) in [5.41, 5.74) is 16.1. The van der Waals surface area contributed by atoms with Crippen LogP contribution < -0.4 is 0 Å². The molecule has 216 valence electrons. The Kier molecular flexibility index (Phi) is 5.38. The van der Waals surface area contributed by atoms with Crippen molar-refractivity contribution in [3.05, 3.63) is 150 Å². The van der Waals surface area contributed by atoms with Gasteiger partial charge in [-0.25, -0.2) is 4.98 Å². The number of benzene rings is 5. The van der Waals surface area contributed by atoms with Crippen LogP contribution in [0.1, 0.15) is 36.2 Å². The molecule has 0 saturated carbocycles. The molecule has 3 heterocycles. The van der Waals surface area contributed by atoms with Crippen LogP contribution in [0, 0.1) is 13.8 Å². The molecule has 0 amide bonds. The molecule has 9 rings (SSSR count). The maximum Gasteiger partial charge on any atom is 0.137 e. The van der Waals surface area contributed by atoms with Gasteiger partial charge in [0, 0.05) is 45.5 Å². The zero-order valence-corrected chi connectivity index (χ0v) is 26.0. The van der Waals surface area contributed by atoms with Gasteiger partial charge in [0.25, 0.3) is 0 Å². The second kappa shape index (κ2) is 9.30. The molecular weight excluding hydrogens is 546 g/mol. The summed E-state index contributed by atoms with van der Waals surface area (Å²) in [4.78, 5) is 4.82. The van der Waals surface area contributed by atoms with Crippen LogP contribution in [0.5, 0.6) is 0 Å². The van der Waals surface area contributed by atoms with E-state index in [-0.39, 0.29) is 5.41 Å². The van der Waals surface area contributed by atoms with Gasteiger partial charge >= 0.3 is 0 Å². The number of aryl methyl sites for hydroxylation is 1. The van der Waals surface area contributed by atoms with Gasteiger partial charge in [-0.1, -0.05) is 105 Å². The molecule has 1 aliphatic carbocycles. The highest BCUT2D eigenvalue weighted by molar-refractivity contribution is 6.12. The lowest BCUT2D eigenvalue weighted by molar-refractivity contribution is 0.659. The van der Waals surface area contributed by atoms with Crippen molar-refractivity contribution in [3.8, 4) is 39.2 Å². The SMILES string of the molecule is Cc1c(C)n(-c2ccc3c(c2)C(C)(C)c2ccccc2-3)c2c1ccc1c(-c3ccc(-c4cn5ccccc5n4)cc3)cccc12. The summed E-state index contributed by atoms with van der Waals surface area (Å²) in [7, 11) is 0. The van der Waals surface area contributed by atoms with E-state index in [1.165, 1.54) is 72.0 Å². The second-order valence-corrected chi connectivity index (χ2v) is 13.0. The van der Waals surface area contributed by atoms with E-state index < -0.39 is 0 Å². The van der Waals surface area contributed by atoms with Gasteiger partial charge in [0.15, 0.2) is 0 Å². The van der Waals surface area contributed by atoms with Gasteiger partial charge in [0.1, 0.15) is 5.65 Å². The molecule has 0 radical (unpaired) electrons. The Morgan fingerprint density at radius 1 is 0.600 bits per heavy atom. The number of fused-ring (bicyclic) bond motifs is 7. The normalized spacial score (nSPS) is 13.5. The predicted molar refractivity (Wildman–Crippen MR) is 187 cm³/mol. The number of pyridine rings is 1. The third-order valence-electron chi connectivity index (χ3n) is 10.2. The first kappa shape index (κ1) is 26.0. The number of nitrogens with zero attached hydrogens (tertiary/aromatic N) is 3. The fourth-order valence-electron chi connectivity index (χ4n) is 7.72.